The predicted molar refractivity (Wildman–Crippen MR) is 76.9 cm³/mol. The third kappa shape index (κ3) is 3.98. The van der Waals surface area contributed by atoms with Gasteiger partial charge in [0.1, 0.15) is 0 Å². The molecular weight excluding hydrogens is 240 g/mol. The Hall–Kier alpha value is -2.04. The second-order valence-corrected chi connectivity index (χ2v) is 4.90. The van der Waals surface area contributed by atoms with E-state index in [-0.39, 0.29) is 5.91 Å². The van der Waals surface area contributed by atoms with Gasteiger partial charge in [0, 0.05) is 25.7 Å². The molecule has 1 aromatic carbocycles. The molecule has 0 unspecified atom stereocenters. The van der Waals surface area contributed by atoms with E-state index in [2.05, 4.69) is 10.3 Å². The smallest absolute Gasteiger partial charge is 0.221 e. The van der Waals surface area contributed by atoms with Gasteiger partial charge >= 0.3 is 0 Å². The summed E-state index contributed by atoms with van der Waals surface area (Å²) in [6.07, 6.45) is 2.40. The molecule has 0 atom stereocenters. The first kappa shape index (κ1) is 13.4. The van der Waals surface area contributed by atoms with Crippen LogP contribution in [0.2, 0.25) is 0 Å². The Bertz CT molecular complexity index is 494. The van der Waals surface area contributed by atoms with Crippen molar-refractivity contribution in [1.82, 2.24) is 4.90 Å². The van der Waals surface area contributed by atoms with E-state index in [0.717, 1.165) is 11.3 Å². The second kappa shape index (κ2) is 5.73. The number of nitrogens with zero attached hydrogens (tertiary/aromatic N) is 2. The SMILES string of the molecule is CC(=O)Nc1cccc(CN=C(N)N(C)C2CC2)c1. The summed E-state index contributed by atoms with van der Waals surface area (Å²) in [7, 11) is 1.98. The van der Waals surface area contributed by atoms with E-state index in [1.807, 2.05) is 36.2 Å². The van der Waals surface area contributed by atoms with E-state index >= 15 is 0 Å². The molecule has 0 radical (unpaired) electrons. The first-order valence-electron chi connectivity index (χ1n) is 6.45. The van der Waals surface area contributed by atoms with Crippen molar-refractivity contribution < 1.29 is 4.79 Å². The largest absolute Gasteiger partial charge is 0.370 e. The van der Waals surface area contributed by atoms with Gasteiger partial charge in [-0.1, -0.05) is 12.1 Å². The first-order valence-corrected chi connectivity index (χ1v) is 6.45. The highest BCUT2D eigenvalue weighted by Gasteiger charge is 2.27. The standard InChI is InChI=1S/C14H20N4O/c1-10(19)17-12-5-3-4-11(8-12)9-16-14(15)18(2)13-6-7-13/h3-5,8,13H,6-7,9H2,1-2H3,(H2,15,16)(H,17,19). The highest BCUT2D eigenvalue weighted by atomic mass is 16.1. The molecule has 0 spiro atoms. The monoisotopic (exact) mass is 260 g/mol. The van der Waals surface area contributed by atoms with Crippen molar-refractivity contribution in [3.8, 4) is 0 Å². The second-order valence-electron chi connectivity index (χ2n) is 4.90. The molecule has 19 heavy (non-hydrogen) atoms. The number of anilines is 1. The van der Waals surface area contributed by atoms with Gasteiger partial charge in [-0.25, -0.2) is 4.99 Å². The molecule has 0 heterocycles. The highest BCUT2D eigenvalue weighted by molar-refractivity contribution is 5.88. The van der Waals surface area contributed by atoms with Crippen LogP contribution in [0, 0.1) is 0 Å². The van der Waals surface area contributed by atoms with Crippen LogP contribution in [0.4, 0.5) is 5.69 Å². The molecule has 0 saturated heterocycles. The number of benzene rings is 1. The highest BCUT2D eigenvalue weighted by Crippen LogP contribution is 2.25. The zero-order chi connectivity index (χ0) is 13.8. The number of amides is 1. The van der Waals surface area contributed by atoms with Crippen LogP contribution in [0.15, 0.2) is 29.3 Å². The lowest BCUT2D eigenvalue weighted by Crippen LogP contribution is -2.35. The molecule has 0 aliphatic heterocycles. The number of guanidine groups is 1. The van der Waals surface area contributed by atoms with Crippen molar-refractivity contribution in [2.45, 2.75) is 32.4 Å². The molecule has 3 N–H and O–H groups in total. The number of carbonyl (C=O) groups is 1. The van der Waals surface area contributed by atoms with Crippen molar-refractivity contribution in [2.75, 3.05) is 12.4 Å². The van der Waals surface area contributed by atoms with E-state index < -0.39 is 0 Å². The Morgan fingerprint density at radius 1 is 1.53 bits per heavy atom. The van der Waals surface area contributed by atoms with Crippen LogP contribution < -0.4 is 11.1 Å². The molecule has 1 aliphatic rings. The summed E-state index contributed by atoms with van der Waals surface area (Å²) in [5, 5.41) is 2.75. The van der Waals surface area contributed by atoms with E-state index in [4.69, 9.17) is 5.73 Å². The minimum Gasteiger partial charge on any atom is -0.370 e. The van der Waals surface area contributed by atoms with Crippen molar-refractivity contribution in [1.29, 1.82) is 0 Å². The van der Waals surface area contributed by atoms with E-state index in [1.165, 1.54) is 19.8 Å². The molecule has 2 rings (SSSR count). The van der Waals surface area contributed by atoms with Crippen LogP contribution in [0.5, 0.6) is 0 Å². The van der Waals surface area contributed by atoms with Gasteiger partial charge in [-0.15, -0.1) is 0 Å². The van der Waals surface area contributed by atoms with Gasteiger partial charge in [0.05, 0.1) is 6.54 Å². The Kier molecular flexibility index (Phi) is 4.04. The minimum atomic E-state index is -0.0753. The number of aliphatic imine (C=N–C) groups is 1. The fourth-order valence-corrected chi connectivity index (χ4v) is 1.88. The van der Waals surface area contributed by atoms with E-state index in [0.29, 0.717) is 18.5 Å². The zero-order valence-corrected chi connectivity index (χ0v) is 11.4. The topological polar surface area (TPSA) is 70.7 Å². The molecule has 102 valence electrons. The predicted octanol–water partition coefficient (Wildman–Crippen LogP) is 1.55. The molecule has 1 aliphatic carbocycles. The third-order valence-electron chi connectivity index (χ3n) is 3.13. The Labute approximate surface area is 113 Å². The molecule has 0 aromatic heterocycles. The molecule has 1 fully saturated rings. The van der Waals surface area contributed by atoms with Crippen molar-refractivity contribution in [3.05, 3.63) is 29.8 Å². The van der Waals surface area contributed by atoms with Crippen LogP contribution in [0.25, 0.3) is 0 Å². The summed E-state index contributed by atoms with van der Waals surface area (Å²) in [5.74, 6) is 0.501. The maximum absolute atomic E-state index is 11.0. The van der Waals surface area contributed by atoms with Gasteiger partial charge in [-0.2, -0.15) is 0 Å². The normalized spacial score (nSPS) is 15.2. The fourth-order valence-electron chi connectivity index (χ4n) is 1.88. The molecular formula is C14H20N4O. The maximum Gasteiger partial charge on any atom is 0.221 e. The van der Waals surface area contributed by atoms with Crippen LogP contribution in [-0.4, -0.2) is 29.9 Å². The van der Waals surface area contributed by atoms with Crippen LogP contribution in [-0.2, 0) is 11.3 Å². The Morgan fingerprint density at radius 3 is 2.89 bits per heavy atom. The Morgan fingerprint density at radius 2 is 2.26 bits per heavy atom. The van der Waals surface area contributed by atoms with Crippen molar-refractivity contribution >= 4 is 17.6 Å². The van der Waals surface area contributed by atoms with Gasteiger partial charge in [0.25, 0.3) is 0 Å². The molecule has 5 nitrogen and oxygen atoms in total. The first-order chi connectivity index (χ1) is 9.06. The van der Waals surface area contributed by atoms with E-state index in [1.54, 1.807) is 0 Å². The zero-order valence-electron chi connectivity index (χ0n) is 11.4. The summed E-state index contributed by atoms with van der Waals surface area (Å²) < 4.78 is 0. The lowest BCUT2D eigenvalue weighted by molar-refractivity contribution is -0.114. The summed E-state index contributed by atoms with van der Waals surface area (Å²) in [6.45, 7) is 2.02. The average molecular weight is 260 g/mol. The number of hydrogen-bond donors (Lipinski definition) is 2. The summed E-state index contributed by atoms with van der Waals surface area (Å²) >= 11 is 0. The lowest BCUT2D eigenvalue weighted by Gasteiger charge is -2.16. The maximum atomic E-state index is 11.0. The summed E-state index contributed by atoms with van der Waals surface area (Å²) in [4.78, 5) is 17.4. The van der Waals surface area contributed by atoms with Crippen LogP contribution in [0.3, 0.4) is 0 Å². The van der Waals surface area contributed by atoms with Crippen molar-refractivity contribution in [2.24, 2.45) is 10.7 Å². The number of rotatable bonds is 4. The van der Waals surface area contributed by atoms with Crippen LogP contribution in [0.1, 0.15) is 25.3 Å². The van der Waals surface area contributed by atoms with Gasteiger partial charge in [-0.05, 0) is 30.5 Å². The van der Waals surface area contributed by atoms with Gasteiger partial charge in [0.2, 0.25) is 5.91 Å². The number of carbonyl (C=O) groups excluding carboxylic acids is 1. The molecule has 0 bridgehead atoms. The van der Waals surface area contributed by atoms with Gasteiger partial charge < -0.3 is 16.0 Å². The summed E-state index contributed by atoms with van der Waals surface area (Å²) in [5.41, 5.74) is 7.74. The summed E-state index contributed by atoms with van der Waals surface area (Å²) in [6, 6.07) is 8.20. The van der Waals surface area contributed by atoms with Crippen molar-refractivity contribution in [3.63, 3.8) is 0 Å². The molecule has 1 aromatic rings. The quantitative estimate of drug-likeness (QED) is 0.637. The number of nitrogens with two attached hydrogens (primary N) is 1. The minimum absolute atomic E-state index is 0.0753. The molecule has 5 heteroatoms. The van der Waals surface area contributed by atoms with Gasteiger partial charge in [-0.3, -0.25) is 4.79 Å². The average Bonchev–Trinajstić information content (AvgIpc) is 3.19. The number of nitrogens with one attached hydrogen (secondary N) is 1. The fraction of sp³-hybridized carbons (Fsp3) is 0.429. The lowest BCUT2D eigenvalue weighted by atomic mass is 10.2. The van der Waals surface area contributed by atoms with Crippen LogP contribution >= 0.6 is 0 Å². The number of hydrogen-bond acceptors (Lipinski definition) is 2. The molecule has 1 saturated carbocycles. The Balaban J connectivity index is 1.98. The third-order valence-corrected chi connectivity index (χ3v) is 3.13. The van der Waals surface area contributed by atoms with Gasteiger partial charge in [0.15, 0.2) is 5.96 Å². The molecule has 1 amide bonds. The van der Waals surface area contributed by atoms with E-state index in [9.17, 15) is 4.79 Å².